The number of carboxylic acid groups (broad SMARTS) is 1. The molecule has 0 heterocycles. The van der Waals surface area contributed by atoms with Crippen molar-refractivity contribution in [2.45, 2.75) is 6.54 Å². The molecular formula is C9H9ClINO2. The van der Waals surface area contributed by atoms with E-state index >= 15 is 0 Å². The van der Waals surface area contributed by atoms with Crippen molar-refractivity contribution < 1.29 is 9.90 Å². The van der Waals surface area contributed by atoms with Gasteiger partial charge < -0.3 is 10.0 Å². The van der Waals surface area contributed by atoms with Crippen LogP contribution in [0.15, 0.2) is 18.2 Å². The number of rotatable bonds is 2. The second-order valence-corrected chi connectivity index (χ2v) is 4.53. The van der Waals surface area contributed by atoms with Gasteiger partial charge in [0.15, 0.2) is 0 Å². The van der Waals surface area contributed by atoms with Crippen molar-refractivity contribution in [2.75, 3.05) is 7.05 Å². The highest BCUT2D eigenvalue weighted by Crippen LogP contribution is 2.19. The van der Waals surface area contributed by atoms with Crippen molar-refractivity contribution in [3.8, 4) is 0 Å². The van der Waals surface area contributed by atoms with Crippen molar-refractivity contribution in [1.82, 2.24) is 4.90 Å². The number of benzene rings is 1. The van der Waals surface area contributed by atoms with Crippen molar-refractivity contribution >= 4 is 40.3 Å². The normalized spacial score (nSPS) is 9.93. The quantitative estimate of drug-likeness (QED) is 0.849. The number of hydrogen-bond acceptors (Lipinski definition) is 1. The summed E-state index contributed by atoms with van der Waals surface area (Å²) in [6.07, 6.45) is -0.958. The molecule has 1 aromatic carbocycles. The van der Waals surface area contributed by atoms with E-state index < -0.39 is 6.09 Å². The van der Waals surface area contributed by atoms with Gasteiger partial charge in [-0.1, -0.05) is 11.6 Å². The zero-order valence-electron chi connectivity index (χ0n) is 7.50. The topological polar surface area (TPSA) is 40.5 Å². The van der Waals surface area contributed by atoms with Gasteiger partial charge >= 0.3 is 6.09 Å². The summed E-state index contributed by atoms with van der Waals surface area (Å²) in [7, 11) is 1.51. The number of carbonyl (C=O) groups is 1. The highest BCUT2D eigenvalue weighted by Gasteiger charge is 2.08. The number of halogens is 2. The first-order chi connectivity index (χ1) is 6.50. The molecule has 0 fully saturated rings. The van der Waals surface area contributed by atoms with Crippen LogP contribution < -0.4 is 0 Å². The number of amides is 1. The molecule has 0 bridgehead atoms. The Bertz CT molecular complexity index is 357. The first-order valence-electron chi connectivity index (χ1n) is 3.88. The second-order valence-electron chi connectivity index (χ2n) is 2.87. The third-order valence-electron chi connectivity index (χ3n) is 1.74. The number of hydrogen-bond donors (Lipinski definition) is 1. The van der Waals surface area contributed by atoms with Gasteiger partial charge in [0.25, 0.3) is 0 Å². The highest BCUT2D eigenvalue weighted by atomic mass is 127. The Morgan fingerprint density at radius 3 is 2.86 bits per heavy atom. The van der Waals surface area contributed by atoms with Crippen LogP contribution in [-0.4, -0.2) is 23.1 Å². The maximum absolute atomic E-state index is 10.6. The molecule has 1 amide bonds. The van der Waals surface area contributed by atoms with Gasteiger partial charge in [-0.05, 0) is 46.4 Å². The lowest BCUT2D eigenvalue weighted by Gasteiger charge is -2.13. The molecule has 0 radical (unpaired) electrons. The molecule has 0 atom stereocenters. The summed E-state index contributed by atoms with van der Waals surface area (Å²) in [6.45, 7) is 0.311. The van der Waals surface area contributed by atoms with Crippen LogP contribution in [0.2, 0.25) is 5.02 Å². The highest BCUT2D eigenvalue weighted by molar-refractivity contribution is 14.1. The lowest BCUT2D eigenvalue weighted by molar-refractivity contribution is 0.154. The summed E-state index contributed by atoms with van der Waals surface area (Å²) < 4.78 is 1.04. The minimum atomic E-state index is -0.958. The third-order valence-corrected chi connectivity index (χ3v) is 2.78. The minimum Gasteiger partial charge on any atom is -0.465 e. The van der Waals surface area contributed by atoms with Crippen LogP contribution in [0.3, 0.4) is 0 Å². The van der Waals surface area contributed by atoms with Crippen molar-refractivity contribution in [1.29, 1.82) is 0 Å². The van der Waals surface area contributed by atoms with Gasteiger partial charge in [-0.2, -0.15) is 0 Å². The van der Waals surface area contributed by atoms with Crippen LogP contribution in [0.5, 0.6) is 0 Å². The molecule has 0 spiro atoms. The summed E-state index contributed by atoms with van der Waals surface area (Å²) in [5.41, 5.74) is 0.823. The van der Waals surface area contributed by atoms with Gasteiger partial charge in [-0.15, -0.1) is 0 Å². The average molecular weight is 326 g/mol. The van der Waals surface area contributed by atoms with Crippen LogP contribution in [0.1, 0.15) is 5.56 Å². The molecule has 0 unspecified atom stereocenters. The Morgan fingerprint density at radius 2 is 2.29 bits per heavy atom. The molecule has 0 aromatic heterocycles. The molecule has 0 saturated heterocycles. The minimum absolute atomic E-state index is 0.311. The van der Waals surface area contributed by atoms with Crippen molar-refractivity contribution in [3.05, 3.63) is 32.4 Å². The molecule has 0 saturated carbocycles. The molecule has 0 aliphatic heterocycles. The fourth-order valence-electron chi connectivity index (χ4n) is 0.988. The fourth-order valence-corrected chi connectivity index (χ4v) is 1.72. The average Bonchev–Trinajstić information content (AvgIpc) is 2.11. The SMILES string of the molecule is CN(Cc1cc(I)ccc1Cl)C(=O)O. The van der Waals surface area contributed by atoms with Crippen LogP contribution in [-0.2, 0) is 6.54 Å². The van der Waals surface area contributed by atoms with Crippen molar-refractivity contribution in [2.24, 2.45) is 0 Å². The van der Waals surface area contributed by atoms with Gasteiger partial charge in [0.1, 0.15) is 0 Å². The van der Waals surface area contributed by atoms with Gasteiger partial charge in [-0.3, -0.25) is 0 Å². The molecule has 0 aliphatic carbocycles. The Morgan fingerprint density at radius 1 is 1.64 bits per heavy atom. The van der Waals surface area contributed by atoms with E-state index in [0.717, 1.165) is 9.13 Å². The molecule has 5 heteroatoms. The smallest absolute Gasteiger partial charge is 0.407 e. The van der Waals surface area contributed by atoms with Crippen LogP contribution in [0.4, 0.5) is 4.79 Å². The largest absolute Gasteiger partial charge is 0.465 e. The Hall–Kier alpha value is -0.490. The lowest BCUT2D eigenvalue weighted by Crippen LogP contribution is -2.24. The monoisotopic (exact) mass is 325 g/mol. The molecule has 14 heavy (non-hydrogen) atoms. The van der Waals surface area contributed by atoms with Gasteiger partial charge in [0.05, 0.1) is 6.54 Å². The van der Waals surface area contributed by atoms with Crippen LogP contribution >= 0.6 is 34.2 Å². The van der Waals surface area contributed by atoms with Crippen molar-refractivity contribution in [3.63, 3.8) is 0 Å². The van der Waals surface area contributed by atoms with E-state index in [9.17, 15) is 4.79 Å². The summed E-state index contributed by atoms with van der Waals surface area (Å²) in [5.74, 6) is 0. The maximum atomic E-state index is 10.6. The third kappa shape index (κ3) is 3.02. The standard InChI is InChI=1S/C9H9ClINO2/c1-12(9(13)14)5-6-4-7(11)2-3-8(6)10/h2-4H,5H2,1H3,(H,13,14). The van der Waals surface area contributed by atoms with E-state index in [4.69, 9.17) is 16.7 Å². The fraction of sp³-hybridized carbons (Fsp3) is 0.222. The Labute approximate surface area is 101 Å². The summed E-state index contributed by atoms with van der Waals surface area (Å²) in [5, 5.41) is 9.28. The molecular weight excluding hydrogens is 316 g/mol. The summed E-state index contributed by atoms with van der Waals surface area (Å²) in [6, 6.07) is 5.53. The Balaban J connectivity index is 2.85. The molecule has 76 valence electrons. The first-order valence-corrected chi connectivity index (χ1v) is 5.34. The van der Waals surface area contributed by atoms with E-state index in [0.29, 0.717) is 11.6 Å². The lowest BCUT2D eigenvalue weighted by atomic mass is 10.2. The predicted molar refractivity (Wildman–Crippen MR) is 63.7 cm³/mol. The molecule has 1 rings (SSSR count). The molecule has 0 aliphatic rings. The predicted octanol–water partition coefficient (Wildman–Crippen LogP) is 3.05. The number of nitrogens with zero attached hydrogens (tertiary/aromatic N) is 1. The molecule has 1 N–H and O–H groups in total. The van der Waals surface area contributed by atoms with Crippen LogP contribution in [0, 0.1) is 3.57 Å². The van der Waals surface area contributed by atoms with Gasteiger partial charge in [-0.25, -0.2) is 4.79 Å². The second kappa shape index (κ2) is 4.84. The maximum Gasteiger partial charge on any atom is 0.407 e. The first kappa shape index (κ1) is 11.6. The summed E-state index contributed by atoms with van der Waals surface area (Å²) >= 11 is 8.08. The molecule has 1 aromatic rings. The zero-order valence-corrected chi connectivity index (χ0v) is 10.4. The van der Waals surface area contributed by atoms with E-state index in [1.54, 1.807) is 6.07 Å². The van der Waals surface area contributed by atoms with E-state index in [2.05, 4.69) is 22.6 Å². The van der Waals surface area contributed by atoms with Gasteiger partial charge in [0, 0.05) is 15.6 Å². The van der Waals surface area contributed by atoms with E-state index in [1.165, 1.54) is 11.9 Å². The Kier molecular flexibility index (Phi) is 4.00. The van der Waals surface area contributed by atoms with E-state index in [1.807, 2.05) is 12.1 Å². The van der Waals surface area contributed by atoms with Gasteiger partial charge in [0.2, 0.25) is 0 Å². The van der Waals surface area contributed by atoms with Crippen LogP contribution in [0.25, 0.3) is 0 Å². The molecule has 3 nitrogen and oxygen atoms in total. The zero-order chi connectivity index (χ0) is 10.7. The summed E-state index contributed by atoms with van der Waals surface area (Å²) in [4.78, 5) is 11.8. The van der Waals surface area contributed by atoms with E-state index in [-0.39, 0.29) is 0 Å².